The van der Waals surface area contributed by atoms with Crippen LogP contribution in [0.5, 0.6) is 0 Å². The van der Waals surface area contributed by atoms with E-state index in [0.29, 0.717) is 22.7 Å². The first kappa shape index (κ1) is 16.6. The van der Waals surface area contributed by atoms with Gasteiger partial charge in [-0.1, -0.05) is 35.3 Å². The molecule has 0 radical (unpaired) electrons. The minimum Gasteiger partial charge on any atom is -0.356 e. The molecular formula is C22H15N3O2. The summed E-state index contributed by atoms with van der Waals surface area (Å²) in [4.78, 5) is 16.5. The Balaban J connectivity index is 1.46. The molecule has 130 valence electrons. The van der Waals surface area contributed by atoms with Crippen LogP contribution in [0.1, 0.15) is 17.0 Å². The quantitative estimate of drug-likeness (QED) is 0.569. The number of anilines is 1. The van der Waals surface area contributed by atoms with Crippen molar-refractivity contribution in [2.75, 3.05) is 5.32 Å². The number of pyridine rings is 1. The molecule has 0 fully saturated rings. The van der Waals surface area contributed by atoms with Crippen molar-refractivity contribution in [1.82, 2.24) is 10.1 Å². The summed E-state index contributed by atoms with van der Waals surface area (Å²) in [6, 6.07) is 20.5. The second-order valence-electron chi connectivity index (χ2n) is 5.90. The van der Waals surface area contributed by atoms with Crippen LogP contribution in [0, 0.1) is 11.8 Å². The van der Waals surface area contributed by atoms with Gasteiger partial charge in [0.1, 0.15) is 11.4 Å². The van der Waals surface area contributed by atoms with Crippen molar-refractivity contribution in [2.24, 2.45) is 0 Å². The highest BCUT2D eigenvalue weighted by Crippen LogP contribution is 2.19. The lowest BCUT2D eigenvalue weighted by atomic mass is 10.1. The molecule has 1 N–H and O–H groups in total. The monoisotopic (exact) mass is 353 g/mol. The van der Waals surface area contributed by atoms with Crippen LogP contribution in [0.25, 0.3) is 11.0 Å². The second-order valence-corrected chi connectivity index (χ2v) is 5.90. The Morgan fingerprint density at radius 2 is 1.89 bits per heavy atom. The van der Waals surface area contributed by atoms with Crippen molar-refractivity contribution in [3.63, 3.8) is 0 Å². The summed E-state index contributed by atoms with van der Waals surface area (Å²) < 4.78 is 5.24. The summed E-state index contributed by atoms with van der Waals surface area (Å²) in [5.74, 6) is 5.89. The fraction of sp³-hybridized carbons (Fsp3) is 0.0455. The van der Waals surface area contributed by atoms with Gasteiger partial charge >= 0.3 is 0 Å². The van der Waals surface area contributed by atoms with Crippen LogP contribution in [0.4, 0.5) is 5.69 Å². The Morgan fingerprint density at radius 1 is 1.00 bits per heavy atom. The molecule has 27 heavy (non-hydrogen) atoms. The number of carbonyl (C=O) groups is 1. The van der Waals surface area contributed by atoms with Gasteiger partial charge in [0.15, 0.2) is 5.58 Å². The van der Waals surface area contributed by atoms with Crippen molar-refractivity contribution >= 4 is 22.6 Å². The van der Waals surface area contributed by atoms with Gasteiger partial charge in [-0.15, -0.1) is 0 Å². The zero-order valence-corrected chi connectivity index (χ0v) is 14.3. The minimum absolute atomic E-state index is 0.140. The Bertz CT molecular complexity index is 1150. The molecule has 0 unspecified atom stereocenters. The zero-order valence-electron chi connectivity index (χ0n) is 14.3. The molecule has 0 spiro atoms. The lowest BCUT2D eigenvalue weighted by molar-refractivity contribution is -0.115. The summed E-state index contributed by atoms with van der Waals surface area (Å²) in [5.41, 5.74) is 3.47. The van der Waals surface area contributed by atoms with E-state index in [1.54, 1.807) is 6.20 Å². The highest BCUT2D eigenvalue weighted by atomic mass is 16.5. The van der Waals surface area contributed by atoms with Crippen LogP contribution in [-0.2, 0) is 11.2 Å². The fourth-order valence-electron chi connectivity index (χ4n) is 2.67. The molecule has 0 aliphatic heterocycles. The van der Waals surface area contributed by atoms with E-state index in [2.05, 4.69) is 27.3 Å². The predicted molar refractivity (Wildman–Crippen MR) is 103 cm³/mol. The van der Waals surface area contributed by atoms with Crippen molar-refractivity contribution in [3.05, 3.63) is 89.9 Å². The van der Waals surface area contributed by atoms with Crippen molar-refractivity contribution in [3.8, 4) is 11.8 Å². The molecule has 0 saturated heterocycles. The molecule has 2 aromatic carbocycles. The maximum atomic E-state index is 12.4. The van der Waals surface area contributed by atoms with Gasteiger partial charge in [-0.2, -0.15) is 0 Å². The molecule has 0 aliphatic rings. The number of hydrogen-bond acceptors (Lipinski definition) is 4. The maximum absolute atomic E-state index is 12.4. The van der Waals surface area contributed by atoms with E-state index in [1.165, 1.54) is 0 Å². The average molecular weight is 353 g/mol. The number of benzene rings is 2. The van der Waals surface area contributed by atoms with Gasteiger partial charge in [0.2, 0.25) is 5.91 Å². The third kappa shape index (κ3) is 4.02. The number of nitrogens with one attached hydrogen (secondary N) is 1. The maximum Gasteiger partial charge on any atom is 0.230 e. The molecule has 0 saturated carbocycles. The van der Waals surface area contributed by atoms with Crippen molar-refractivity contribution in [2.45, 2.75) is 6.42 Å². The first-order valence-electron chi connectivity index (χ1n) is 8.44. The fourth-order valence-corrected chi connectivity index (χ4v) is 2.67. The normalized spacial score (nSPS) is 10.2. The van der Waals surface area contributed by atoms with Crippen LogP contribution >= 0.6 is 0 Å². The van der Waals surface area contributed by atoms with Gasteiger partial charge in [0, 0.05) is 22.8 Å². The molecule has 5 heteroatoms. The van der Waals surface area contributed by atoms with E-state index in [0.717, 1.165) is 10.9 Å². The summed E-state index contributed by atoms with van der Waals surface area (Å²) in [5, 5.41) is 7.72. The second kappa shape index (κ2) is 7.54. The van der Waals surface area contributed by atoms with E-state index in [-0.39, 0.29) is 12.3 Å². The molecule has 0 aliphatic carbocycles. The van der Waals surface area contributed by atoms with E-state index in [1.807, 2.05) is 66.7 Å². The Hall–Kier alpha value is -3.91. The lowest BCUT2D eigenvalue weighted by Gasteiger charge is -2.04. The Morgan fingerprint density at radius 3 is 2.78 bits per heavy atom. The van der Waals surface area contributed by atoms with E-state index >= 15 is 0 Å². The number of nitrogens with zero attached hydrogens (tertiary/aromatic N) is 2. The summed E-state index contributed by atoms with van der Waals surface area (Å²) in [6.07, 6.45) is 1.84. The molecule has 2 heterocycles. The number of amides is 1. The molecule has 0 atom stereocenters. The van der Waals surface area contributed by atoms with Gasteiger partial charge < -0.3 is 9.84 Å². The van der Waals surface area contributed by atoms with Gasteiger partial charge in [0.25, 0.3) is 0 Å². The largest absolute Gasteiger partial charge is 0.356 e. The minimum atomic E-state index is -0.163. The van der Waals surface area contributed by atoms with E-state index in [4.69, 9.17) is 4.52 Å². The first-order valence-corrected chi connectivity index (χ1v) is 8.44. The van der Waals surface area contributed by atoms with Gasteiger partial charge in [0.05, 0.1) is 6.42 Å². The molecule has 0 bridgehead atoms. The third-order valence-electron chi connectivity index (χ3n) is 3.93. The third-order valence-corrected chi connectivity index (χ3v) is 3.93. The van der Waals surface area contributed by atoms with Crippen LogP contribution in [0.2, 0.25) is 0 Å². The standard InChI is InChI=1S/C22H15N3O2/c26-22(15-20-19-9-1-2-10-21(19)27-25-20)24-18-8-5-6-16(14-18)11-12-17-7-3-4-13-23-17/h1-10,13-14H,15H2,(H,24,26). The molecule has 4 aromatic rings. The molecule has 5 nitrogen and oxygen atoms in total. The number of aromatic nitrogens is 2. The average Bonchev–Trinajstić information content (AvgIpc) is 3.10. The van der Waals surface area contributed by atoms with E-state index < -0.39 is 0 Å². The van der Waals surface area contributed by atoms with E-state index in [9.17, 15) is 4.79 Å². The number of rotatable bonds is 3. The number of para-hydroxylation sites is 1. The Kier molecular flexibility index (Phi) is 4.62. The van der Waals surface area contributed by atoms with Crippen molar-refractivity contribution in [1.29, 1.82) is 0 Å². The number of hydrogen-bond donors (Lipinski definition) is 1. The number of carbonyl (C=O) groups excluding carboxylic acids is 1. The van der Waals surface area contributed by atoms with Gasteiger partial charge in [-0.25, -0.2) is 4.98 Å². The molecule has 4 rings (SSSR count). The van der Waals surface area contributed by atoms with Crippen LogP contribution in [-0.4, -0.2) is 16.0 Å². The summed E-state index contributed by atoms with van der Waals surface area (Å²) in [6.45, 7) is 0. The topological polar surface area (TPSA) is 68.0 Å². The summed E-state index contributed by atoms with van der Waals surface area (Å²) >= 11 is 0. The highest BCUT2D eigenvalue weighted by molar-refractivity contribution is 5.94. The highest BCUT2D eigenvalue weighted by Gasteiger charge is 2.12. The number of fused-ring (bicyclic) bond motifs is 1. The summed E-state index contributed by atoms with van der Waals surface area (Å²) in [7, 11) is 0. The molecule has 2 aromatic heterocycles. The SMILES string of the molecule is O=C(Cc1noc2ccccc12)Nc1cccc(C#Cc2ccccn2)c1. The zero-order chi connectivity index (χ0) is 18.5. The van der Waals surface area contributed by atoms with Crippen LogP contribution in [0.3, 0.4) is 0 Å². The first-order chi connectivity index (χ1) is 13.3. The predicted octanol–water partition coefficient (Wildman–Crippen LogP) is 3.80. The molecule has 1 amide bonds. The Labute approximate surface area is 156 Å². The van der Waals surface area contributed by atoms with Gasteiger partial charge in [-0.3, -0.25) is 4.79 Å². The lowest BCUT2D eigenvalue weighted by Crippen LogP contribution is -2.14. The van der Waals surface area contributed by atoms with Crippen molar-refractivity contribution < 1.29 is 9.32 Å². The smallest absolute Gasteiger partial charge is 0.230 e. The van der Waals surface area contributed by atoms with Crippen LogP contribution in [0.15, 0.2) is 77.4 Å². The van der Waals surface area contributed by atoms with Gasteiger partial charge in [-0.05, 0) is 48.4 Å². The van der Waals surface area contributed by atoms with Crippen LogP contribution < -0.4 is 5.32 Å². The molecular weight excluding hydrogens is 338 g/mol.